The van der Waals surface area contributed by atoms with Gasteiger partial charge in [-0.2, -0.15) is 0 Å². The predicted molar refractivity (Wildman–Crippen MR) is 71.9 cm³/mol. The van der Waals surface area contributed by atoms with Gasteiger partial charge in [0.15, 0.2) is 5.75 Å². The quantitative estimate of drug-likeness (QED) is 0.789. The monoisotopic (exact) mass is 243 g/mol. The van der Waals surface area contributed by atoms with Crippen molar-refractivity contribution in [1.29, 1.82) is 0 Å². The van der Waals surface area contributed by atoms with Crippen molar-refractivity contribution in [1.82, 2.24) is 9.97 Å². The molecule has 0 unspecified atom stereocenters. The zero-order chi connectivity index (χ0) is 12.6. The van der Waals surface area contributed by atoms with Crippen LogP contribution in [-0.2, 0) is 0 Å². The maximum atomic E-state index is 5.61. The minimum atomic E-state index is 0.641. The van der Waals surface area contributed by atoms with Crippen LogP contribution in [0.25, 0.3) is 0 Å². The van der Waals surface area contributed by atoms with E-state index in [9.17, 15) is 0 Å². The summed E-state index contributed by atoms with van der Waals surface area (Å²) in [6.45, 7) is 3.05. The Bertz CT molecular complexity index is 456. The van der Waals surface area contributed by atoms with Crippen molar-refractivity contribution in [3.63, 3.8) is 0 Å². The molecule has 0 aliphatic heterocycles. The molecule has 0 saturated heterocycles. The molecule has 94 valence electrons. The third kappa shape index (κ3) is 3.73. The van der Waals surface area contributed by atoms with Crippen LogP contribution < -0.4 is 10.1 Å². The molecule has 1 N–H and O–H groups in total. The van der Waals surface area contributed by atoms with Gasteiger partial charge in [-0.25, -0.2) is 9.97 Å². The van der Waals surface area contributed by atoms with Crippen molar-refractivity contribution in [2.45, 2.75) is 19.8 Å². The molecular weight excluding hydrogens is 226 g/mol. The fourth-order valence-corrected chi connectivity index (χ4v) is 1.46. The third-order valence-electron chi connectivity index (χ3n) is 2.42. The highest BCUT2D eigenvalue weighted by Crippen LogP contribution is 2.19. The van der Waals surface area contributed by atoms with E-state index in [2.05, 4.69) is 22.2 Å². The summed E-state index contributed by atoms with van der Waals surface area (Å²) in [4.78, 5) is 8.40. The molecule has 0 spiro atoms. The Morgan fingerprint density at radius 1 is 1.06 bits per heavy atom. The average Bonchev–Trinajstić information content (AvgIpc) is 2.42. The molecule has 0 aliphatic carbocycles. The Balaban J connectivity index is 1.91. The second kappa shape index (κ2) is 6.59. The molecule has 1 aromatic carbocycles. The first-order valence-electron chi connectivity index (χ1n) is 6.17. The van der Waals surface area contributed by atoms with Crippen molar-refractivity contribution < 1.29 is 4.74 Å². The summed E-state index contributed by atoms with van der Waals surface area (Å²) in [6.07, 6.45) is 5.62. The normalized spacial score (nSPS) is 10.1. The lowest BCUT2D eigenvalue weighted by Crippen LogP contribution is -2.04. The number of ether oxygens (including phenoxy) is 1. The van der Waals surface area contributed by atoms with Gasteiger partial charge in [0.25, 0.3) is 0 Å². The zero-order valence-corrected chi connectivity index (χ0v) is 10.5. The second-order valence-electron chi connectivity index (χ2n) is 3.94. The van der Waals surface area contributed by atoms with Gasteiger partial charge < -0.3 is 10.1 Å². The van der Waals surface area contributed by atoms with Crippen LogP contribution in [0.4, 0.5) is 5.95 Å². The Labute approximate surface area is 107 Å². The van der Waals surface area contributed by atoms with E-state index < -0.39 is 0 Å². The van der Waals surface area contributed by atoms with Crippen molar-refractivity contribution in [3.8, 4) is 11.5 Å². The van der Waals surface area contributed by atoms with Gasteiger partial charge in [-0.3, -0.25) is 0 Å². The summed E-state index contributed by atoms with van der Waals surface area (Å²) in [7, 11) is 0. The number of anilines is 1. The lowest BCUT2D eigenvalue weighted by Gasteiger charge is -2.06. The number of hydrogen-bond acceptors (Lipinski definition) is 4. The van der Waals surface area contributed by atoms with Crippen LogP contribution in [0, 0.1) is 0 Å². The number of para-hydroxylation sites is 1. The summed E-state index contributed by atoms with van der Waals surface area (Å²) in [5.74, 6) is 2.07. The standard InChI is InChI=1S/C14H17N3O/c1-2-3-9-15-14-16-10-13(11-17-14)18-12-7-5-4-6-8-12/h4-8,10-11H,2-3,9H2,1H3,(H,15,16,17). The number of rotatable bonds is 6. The maximum Gasteiger partial charge on any atom is 0.222 e. The van der Waals surface area contributed by atoms with Crippen molar-refractivity contribution in [2.24, 2.45) is 0 Å². The van der Waals surface area contributed by atoms with Crippen LogP contribution in [0.15, 0.2) is 42.7 Å². The summed E-state index contributed by atoms with van der Waals surface area (Å²) >= 11 is 0. The highest BCUT2D eigenvalue weighted by Gasteiger charge is 1.99. The van der Waals surface area contributed by atoms with E-state index in [4.69, 9.17) is 4.74 Å². The largest absolute Gasteiger partial charge is 0.454 e. The van der Waals surface area contributed by atoms with Crippen molar-refractivity contribution in [3.05, 3.63) is 42.7 Å². The molecule has 0 radical (unpaired) electrons. The Kier molecular flexibility index (Phi) is 4.53. The number of nitrogens with zero attached hydrogens (tertiary/aromatic N) is 2. The van der Waals surface area contributed by atoms with Gasteiger partial charge in [-0.1, -0.05) is 31.5 Å². The first-order valence-corrected chi connectivity index (χ1v) is 6.17. The Morgan fingerprint density at radius 2 is 1.78 bits per heavy atom. The third-order valence-corrected chi connectivity index (χ3v) is 2.42. The van der Waals surface area contributed by atoms with Gasteiger partial charge in [-0.05, 0) is 18.6 Å². The molecule has 0 atom stereocenters. The van der Waals surface area contributed by atoms with E-state index in [1.165, 1.54) is 0 Å². The van der Waals surface area contributed by atoms with Crippen LogP contribution in [0.1, 0.15) is 19.8 Å². The summed E-state index contributed by atoms with van der Waals surface area (Å²) in [6, 6.07) is 9.60. The summed E-state index contributed by atoms with van der Waals surface area (Å²) < 4.78 is 5.61. The fourth-order valence-electron chi connectivity index (χ4n) is 1.46. The topological polar surface area (TPSA) is 47.0 Å². The molecule has 2 rings (SSSR count). The molecule has 4 nitrogen and oxygen atoms in total. The first kappa shape index (κ1) is 12.4. The van der Waals surface area contributed by atoms with Crippen LogP contribution in [0.2, 0.25) is 0 Å². The van der Waals surface area contributed by atoms with Gasteiger partial charge in [-0.15, -0.1) is 0 Å². The van der Waals surface area contributed by atoms with Gasteiger partial charge in [0.2, 0.25) is 5.95 Å². The Morgan fingerprint density at radius 3 is 2.44 bits per heavy atom. The van der Waals surface area contributed by atoms with E-state index in [0.29, 0.717) is 11.7 Å². The maximum absolute atomic E-state index is 5.61. The molecule has 0 saturated carbocycles. The second-order valence-corrected chi connectivity index (χ2v) is 3.94. The van der Waals surface area contributed by atoms with Crippen LogP contribution in [0.3, 0.4) is 0 Å². The van der Waals surface area contributed by atoms with Crippen LogP contribution in [0.5, 0.6) is 11.5 Å². The molecule has 0 bridgehead atoms. The number of hydrogen-bond donors (Lipinski definition) is 1. The first-order chi connectivity index (χ1) is 8.88. The predicted octanol–water partition coefficient (Wildman–Crippen LogP) is 3.48. The van der Waals surface area contributed by atoms with E-state index >= 15 is 0 Å². The SMILES string of the molecule is CCCCNc1ncc(Oc2ccccc2)cn1. The van der Waals surface area contributed by atoms with Crippen molar-refractivity contribution >= 4 is 5.95 Å². The molecule has 2 aromatic rings. The number of unbranched alkanes of at least 4 members (excludes halogenated alkanes) is 1. The lowest BCUT2D eigenvalue weighted by atomic mass is 10.3. The summed E-state index contributed by atoms with van der Waals surface area (Å²) in [5, 5.41) is 3.16. The van der Waals surface area contributed by atoms with E-state index in [1.54, 1.807) is 12.4 Å². The molecule has 0 aliphatic rings. The Hall–Kier alpha value is -2.10. The lowest BCUT2D eigenvalue weighted by molar-refractivity contribution is 0.477. The highest BCUT2D eigenvalue weighted by molar-refractivity contribution is 5.31. The molecule has 1 aromatic heterocycles. The number of aromatic nitrogens is 2. The van der Waals surface area contributed by atoms with Crippen LogP contribution in [-0.4, -0.2) is 16.5 Å². The van der Waals surface area contributed by atoms with Gasteiger partial charge in [0, 0.05) is 6.54 Å². The smallest absolute Gasteiger partial charge is 0.222 e. The minimum absolute atomic E-state index is 0.641. The molecular formula is C14H17N3O. The molecule has 1 heterocycles. The van der Waals surface area contributed by atoms with Crippen molar-refractivity contribution in [2.75, 3.05) is 11.9 Å². The van der Waals surface area contributed by atoms with Gasteiger partial charge in [0.1, 0.15) is 5.75 Å². The highest BCUT2D eigenvalue weighted by atomic mass is 16.5. The summed E-state index contributed by atoms with van der Waals surface area (Å²) in [5.41, 5.74) is 0. The van der Waals surface area contributed by atoms with E-state index in [0.717, 1.165) is 25.1 Å². The number of benzene rings is 1. The van der Waals surface area contributed by atoms with Gasteiger partial charge >= 0.3 is 0 Å². The molecule has 4 heteroatoms. The van der Waals surface area contributed by atoms with E-state index in [1.807, 2.05) is 30.3 Å². The van der Waals surface area contributed by atoms with E-state index in [-0.39, 0.29) is 0 Å². The minimum Gasteiger partial charge on any atom is -0.454 e. The average molecular weight is 243 g/mol. The fraction of sp³-hybridized carbons (Fsp3) is 0.286. The van der Waals surface area contributed by atoms with Crippen LogP contribution >= 0.6 is 0 Å². The zero-order valence-electron chi connectivity index (χ0n) is 10.5. The van der Waals surface area contributed by atoms with Gasteiger partial charge in [0.05, 0.1) is 12.4 Å². The molecule has 0 fully saturated rings. The number of nitrogens with one attached hydrogen (secondary N) is 1. The molecule has 18 heavy (non-hydrogen) atoms. The molecule has 0 amide bonds.